The number of aliphatic carboxylic acids is 1. The molecule has 2 rings (SSSR count). The van der Waals surface area contributed by atoms with Gasteiger partial charge in [-0.2, -0.15) is 0 Å². The van der Waals surface area contributed by atoms with Crippen LogP contribution in [0.5, 0.6) is 11.5 Å². The first-order chi connectivity index (χ1) is 14.0. The summed E-state index contributed by atoms with van der Waals surface area (Å²) >= 11 is 0. The Kier molecular flexibility index (Phi) is 9.14. The number of nitrogens with zero attached hydrogens (tertiary/aromatic N) is 1. The number of hydrogen-bond donors (Lipinski definition) is 3. The van der Waals surface area contributed by atoms with Gasteiger partial charge in [0.15, 0.2) is 0 Å². The molecular formula is C22H29N3O4. The number of likely N-dealkylation sites (N-methyl/N-ethyl adjacent to an activating group) is 1. The number of carboxylic acids is 1. The Balaban J connectivity index is 1.83. The zero-order chi connectivity index (χ0) is 21.1. The zero-order valence-electron chi connectivity index (χ0n) is 16.9. The summed E-state index contributed by atoms with van der Waals surface area (Å²) in [5.41, 5.74) is 0.586. The van der Waals surface area contributed by atoms with Crippen molar-refractivity contribution < 1.29 is 19.4 Å². The van der Waals surface area contributed by atoms with Crippen molar-refractivity contribution >= 4 is 17.6 Å². The number of carbonyl (C=O) groups is 2. The SMILES string of the molecule is CCN(CC)CCNC(CC(=O)Nc1ccc(Oc2ccccc2)cc1)C(=O)O. The normalized spacial score (nSPS) is 11.8. The molecule has 0 heterocycles. The van der Waals surface area contributed by atoms with Crippen LogP contribution in [0.15, 0.2) is 54.6 Å². The average Bonchev–Trinajstić information content (AvgIpc) is 2.72. The summed E-state index contributed by atoms with van der Waals surface area (Å²) in [6.07, 6.45) is -0.143. The topological polar surface area (TPSA) is 90.9 Å². The van der Waals surface area contributed by atoms with Gasteiger partial charge in [0.2, 0.25) is 5.91 Å². The maximum atomic E-state index is 12.3. The molecule has 2 aromatic carbocycles. The van der Waals surface area contributed by atoms with Crippen molar-refractivity contribution in [1.29, 1.82) is 0 Å². The first kappa shape index (κ1) is 22.4. The van der Waals surface area contributed by atoms with E-state index in [9.17, 15) is 14.7 Å². The lowest BCUT2D eigenvalue weighted by Crippen LogP contribution is -2.43. The molecule has 0 radical (unpaired) electrons. The predicted octanol–water partition coefficient (Wildman–Crippen LogP) is 3.19. The summed E-state index contributed by atoms with van der Waals surface area (Å²) < 4.78 is 5.71. The molecule has 0 aliphatic rings. The van der Waals surface area contributed by atoms with Gasteiger partial charge < -0.3 is 25.4 Å². The van der Waals surface area contributed by atoms with Crippen LogP contribution in [0.25, 0.3) is 0 Å². The van der Waals surface area contributed by atoms with Crippen LogP contribution in [0.4, 0.5) is 5.69 Å². The van der Waals surface area contributed by atoms with Crippen molar-refractivity contribution in [3.05, 3.63) is 54.6 Å². The smallest absolute Gasteiger partial charge is 0.321 e. The van der Waals surface area contributed by atoms with Crippen LogP contribution in [0.1, 0.15) is 20.3 Å². The van der Waals surface area contributed by atoms with E-state index in [-0.39, 0.29) is 12.3 Å². The van der Waals surface area contributed by atoms with Gasteiger partial charge in [0.1, 0.15) is 17.5 Å². The molecule has 0 bridgehead atoms. The Morgan fingerprint density at radius 2 is 1.62 bits per heavy atom. The number of para-hydroxylation sites is 1. The number of carbonyl (C=O) groups excluding carboxylic acids is 1. The highest BCUT2D eigenvalue weighted by molar-refractivity contribution is 5.94. The van der Waals surface area contributed by atoms with Gasteiger partial charge in [0, 0.05) is 18.8 Å². The van der Waals surface area contributed by atoms with Gasteiger partial charge >= 0.3 is 5.97 Å². The van der Waals surface area contributed by atoms with Crippen LogP contribution in [0.2, 0.25) is 0 Å². The lowest BCUT2D eigenvalue weighted by atomic mass is 10.2. The van der Waals surface area contributed by atoms with Gasteiger partial charge in [-0.1, -0.05) is 32.0 Å². The number of anilines is 1. The van der Waals surface area contributed by atoms with Crippen molar-refractivity contribution in [2.75, 3.05) is 31.5 Å². The molecule has 0 aliphatic carbocycles. The van der Waals surface area contributed by atoms with Crippen LogP contribution < -0.4 is 15.4 Å². The molecule has 3 N–H and O–H groups in total. The van der Waals surface area contributed by atoms with Crippen LogP contribution in [-0.4, -0.2) is 54.1 Å². The lowest BCUT2D eigenvalue weighted by Gasteiger charge is -2.20. The highest BCUT2D eigenvalue weighted by Gasteiger charge is 2.20. The van der Waals surface area contributed by atoms with E-state index in [1.807, 2.05) is 30.3 Å². The molecule has 7 nitrogen and oxygen atoms in total. The van der Waals surface area contributed by atoms with Gasteiger partial charge in [-0.05, 0) is 49.5 Å². The molecule has 1 atom stereocenters. The van der Waals surface area contributed by atoms with Gasteiger partial charge in [0.05, 0.1) is 6.42 Å². The summed E-state index contributed by atoms with van der Waals surface area (Å²) in [6, 6.07) is 15.4. The zero-order valence-corrected chi connectivity index (χ0v) is 16.9. The van der Waals surface area contributed by atoms with Crippen LogP contribution in [-0.2, 0) is 9.59 Å². The number of rotatable bonds is 12. The third-order valence-corrected chi connectivity index (χ3v) is 4.52. The van der Waals surface area contributed by atoms with E-state index in [4.69, 9.17) is 4.74 Å². The van der Waals surface area contributed by atoms with Crippen molar-refractivity contribution in [3.8, 4) is 11.5 Å². The maximum Gasteiger partial charge on any atom is 0.321 e. The average molecular weight is 399 g/mol. The Morgan fingerprint density at radius 1 is 1.00 bits per heavy atom. The van der Waals surface area contributed by atoms with Crippen LogP contribution in [0, 0.1) is 0 Å². The Bertz CT molecular complexity index is 761. The highest BCUT2D eigenvalue weighted by atomic mass is 16.5. The molecular weight excluding hydrogens is 370 g/mol. The number of benzene rings is 2. The Morgan fingerprint density at radius 3 is 2.21 bits per heavy atom. The second-order valence-electron chi connectivity index (χ2n) is 6.56. The van der Waals surface area contributed by atoms with Gasteiger partial charge in [-0.15, -0.1) is 0 Å². The molecule has 0 aliphatic heterocycles. The van der Waals surface area contributed by atoms with Crippen molar-refractivity contribution in [3.63, 3.8) is 0 Å². The van der Waals surface area contributed by atoms with E-state index < -0.39 is 12.0 Å². The third kappa shape index (κ3) is 7.93. The van der Waals surface area contributed by atoms with Crippen molar-refractivity contribution in [2.45, 2.75) is 26.3 Å². The molecule has 29 heavy (non-hydrogen) atoms. The minimum atomic E-state index is -1.04. The minimum absolute atomic E-state index is 0.143. The monoisotopic (exact) mass is 399 g/mol. The fourth-order valence-electron chi connectivity index (χ4n) is 2.81. The molecule has 1 amide bonds. The number of hydrogen-bond acceptors (Lipinski definition) is 5. The van der Waals surface area contributed by atoms with Gasteiger partial charge in [0.25, 0.3) is 0 Å². The first-order valence-electron chi connectivity index (χ1n) is 9.83. The molecule has 0 saturated heterocycles. The summed E-state index contributed by atoms with van der Waals surface area (Å²) in [5.74, 6) is -0.0178. The van der Waals surface area contributed by atoms with E-state index in [0.29, 0.717) is 18.0 Å². The maximum absolute atomic E-state index is 12.3. The first-order valence-corrected chi connectivity index (χ1v) is 9.83. The number of amides is 1. The summed E-state index contributed by atoms with van der Waals surface area (Å²) in [6.45, 7) is 7.17. The van der Waals surface area contributed by atoms with Gasteiger partial charge in [-0.25, -0.2) is 0 Å². The quantitative estimate of drug-likeness (QED) is 0.508. The Hall–Kier alpha value is -2.90. The molecule has 0 spiro atoms. The predicted molar refractivity (Wildman–Crippen MR) is 113 cm³/mol. The van der Waals surface area contributed by atoms with E-state index in [1.165, 1.54) is 0 Å². The summed E-state index contributed by atoms with van der Waals surface area (Å²) in [7, 11) is 0. The van der Waals surface area contributed by atoms with Gasteiger partial charge in [-0.3, -0.25) is 9.59 Å². The molecule has 2 aromatic rings. The largest absolute Gasteiger partial charge is 0.480 e. The lowest BCUT2D eigenvalue weighted by molar-refractivity contribution is -0.141. The highest BCUT2D eigenvalue weighted by Crippen LogP contribution is 2.22. The molecule has 7 heteroatoms. The second kappa shape index (κ2) is 11.8. The minimum Gasteiger partial charge on any atom is -0.480 e. The molecule has 156 valence electrons. The van der Waals surface area contributed by atoms with E-state index in [2.05, 4.69) is 29.4 Å². The van der Waals surface area contributed by atoms with E-state index in [1.54, 1.807) is 24.3 Å². The number of nitrogens with one attached hydrogen (secondary N) is 2. The van der Waals surface area contributed by atoms with Crippen LogP contribution >= 0.6 is 0 Å². The molecule has 1 unspecified atom stereocenters. The fraction of sp³-hybridized carbons (Fsp3) is 0.364. The Labute approximate surface area is 171 Å². The van der Waals surface area contributed by atoms with Crippen LogP contribution in [0.3, 0.4) is 0 Å². The van der Waals surface area contributed by atoms with Crippen molar-refractivity contribution in [1.82, 2.24) is 10.2 Å². The van der Waals surface area contributed by atoms with E-state index >= 15 is 0 Å². The fourth-order valence-corrected chi connectivity index (χ4v) is 2.81. The van der Waals surface area contributed by atoms with E-state index in [0.717, 1.165) is 25.4 Å². The third-order valence-electron chi connectivity index (χ3n) is 4.52. The summed E-state index contributed by atoms with van der Waals surface area (Å²) in [4.78, 5) is 25.9. The summed E-state index contributed by atoms with van der Waals surface area (Å²) in [5, 5.41) is 15.1. The van der Waals surface area contributed by atoms with Crippen molar-refractivity contribution in [2.24, 2.45) is 0 Å². The molecule has 0 fully saturated rings. The molecule has 0 aromatic heterocycles. The molecule has 0 saturated carbocycles. The standard InChI is InChI=1S/C22H29N3O4/c1-3-25(4-2)15-14-23-20(22(27)28)16-21(26)24-17-10-12-19(13-11-17)29-18-8-6-5-7-9-18/h5-13,20,23H,3-4,14-16H2,1-2H3,(H,24,26)(H,27,28). The second-order valence-corrected chi connectivity index (χ2v) is 6.56. The number of ether oxygens (including phenoxy) is 1. The number of carboxylic acid groups (broad SMARTS) is 1.